The number of benzene rings is 1. The lowest BCUT2D eigenvalue weighted by molar-refractivity contribution is 0.129. The van der Waals surface area contributed by atoms with Gasteiger partial charge in [-0.05, 0) is 31.0 Å². The van der Waals surface area contributed by atoms with Crippen LogP contribution in [0.15, 0.2) is 24.3 Å². The van der Waals surface area contributed by atoms with Crippen molar-refractivity contribution in [3.8, 4) is 11.8 Å². The van der Waals surface area contributed by atoms with E-state index in [2.05, 4.69) is 54.0 Å². The van der Waals surface area contributed by atoms with Gasteiger partial charge >= 0.3 is 0 Å². The molecule has 1 fully saturated rings. The van der Waals surface area contributed by atoms with Gasteiger partial charge in [-0.25, -0.2) is 0 Å². The Hall–Kier alpha value is -1.57. The molecule has 1 aromatic carbocycles. The van der Waals surface area contributed by atoms with E-state index >= 15 is 0 Å². The molecule has 22 heavy (non-hydrogen) atoms. The topological polar surface area (TPSA) is 39.5 Å². The van der Waals surface area contributed by atoms with Crippen LogP contribution >= 0.6 is 0 Å². The van der Waals surface area contributed by atoms with Crippen molar-refractivity contribution in [2.45, 2.75) is 39.3 Å². The van der Waals surface area contributed by atoms with Crippen LogP contribution in [0.1, 0.15) is 32.3 Å². The summed E-state index contributed by atoms with van der Waals surface area (Å²) in [7, 11) is 0. The molecule has 2 rings (SSSR count). The number of hydrogen-bond donors (Lipinski definition) is 0. The maximum atomic E-state index is 8.64. The van der Waals surface area contributed by atoms with Crippen LogP contribution in [0.25, 0.3) is 0 Å². The normalized spacial score (nSPS) is 17.9. The summed E-state index contributed by atoms with van der Waals surface area (Å²) in [5, 5.41) is 8.64. The summed E-state index contributed by atoms with van der Waals surface area (Å²) in [6.07, 6.45) is 1.93. The number of nitriles is 1. The molecule has 0 aliphatic carbocycles. The van der Waals surface area contributed by atoms with Crippen LogP contribution in [0.3, 0.4) is 0 Å². The van der Waals surface area contributed by atoms with Gasteiger partial charge in [-0.2, -0.15) is 5.26 Å². The molecule has 1 unspecified atom stereocenters. The molecule has 1 heterocycles. The van der Waals surface area contributed by atoms with Crippen LogP contribution in [-0.2, 0) is 6.54 Å². The quantitative estimate of drug-likeness (QED) is 0.776. The van der Waals surface area contributed by atoms with E-state index in [4.69, 9.17) is 10.00 Å². The number of ether oxygens (including phenoxy) is 1. The number of hydrogen-bond acceptors (Lipinski definition) is 4. The monoisotopic (exact) mass is 301 g/mol. The summed E-state index contributed by atoms with van der Waals surface area (Å²) in [4.78, 5) is 4.86. The Morgan fingerprint density at radius 1 is 1.14 bits per heavy atom. The fraction of sp³-hybridized carbons (Fsp3) is 0.611. The van der Waals surface area contributed by atoms with Crippen molar-refractivity contribution in [2.24, 2.45) is 0 Å². The maximum absolute atomic E-state index is 8.64. The van der Waals surface area contributed by atoms with E-state index in [1.54, 1.807) is 0 Å². The second-order valence-corrected chi connectivity index (χ2v) is 6.01. The van der Waals surface area contributed by atoms with Crippen LogP contribution < -0.4 is 4.74 Å². The lowest BCUT2D eigenvalue weighted by Crippen LogP contribution is -2.46. The summed E-state index contributed by atoms with van der Waals surface area (Å²) in [5.41, 5.74) is 1.34. The lowest BCUT2D eigenvalue weighted by Gasteiger charge is -2.34. The minimum absolute atomic E-state index is 0.271. The molecule has 1 aliphatic rings. The van der Waals surface area contributed by atoms with Crippen molar-refractivity contribution in [1.82, 2.24) is 9.80 Å². The Bertz CT molecular complexity index is 472. The number of nitrogens with zero attached hydrogens (tertiary/aromatic N) is 3. The fourth-order valence-electron chi connectivity index (χ4n) is 2.63. The van der Waals surface area contributed by atoms with Crippen molar-refractivity contribution in [3.63, 3.8) is 0 Å². The minimum atomic E-state index is 0.271. The van der Waals surface area contributed by atoms with E-state index in [1.165, 1.54) is 5.56 Å². The maximum Gasteiger partial charge on any atom is 0.119 e. The highest BCUT2D eigenvalue weighted by Crippen LogP contribution is 2.16. The molecular weight excluding hydrogens is 274 g/mol. The molecule has 0 aromatic heterocycles. The molecular formula is C18H27N3O. The van der Waals surface area contributed by atoms with Crippen molar-refractivity contribution >= 4 is 0 Å². The first kappa shape index (κ1) is 16.8. The van der Waals surface area contributed by atoms with Crippen LogP contribution in [0.4, 0.5) is 0 Å². The van der Waals surface area contributed by atoms with Gasteiger partial charge in [0.25, 0.3) is 0 Å². The van der Waals surface area contributed by atoms with E-state index in [0.717, 1.165) is 51.4 Å². The molecule has 4 heteroatoms. The van der Waals surface area contributed by atoms with Crippen molar-refractivity contribution in [1.29, 1.82) is 5.26 Å². The predicted molar refractivity (Wildman–Crippen MR) is 88.8 cm³/mol. The lowest BCUT2D eigenvalue weighted by atomic mass is 10.2. The molecule has 0 N–H and O–H groups in total. The van der Waals surface area contributed by atoms with Gasteiger partial charge in [-0.15, -0.1) is 0 Å². The summed E-state index contributed by atoms with van der Waals surface area (Å²) >= 11 is 0. The first-order valence-electron chi connectivity index (χ1n) is 8.28. The molecule has 120 valence electrons. The van der Waals surface area contributed by atoms with Crippen LogP contribution in [0, 0.1) is 11.3 Å². The van der Waals surface area contributed by atoms with Gasteiger partial charge in [0.15, 0.2) is 0 Å². The summed E-state index contributed by atoms with van der Waals surface area (Å²) in [6.45, 7) is 10.4. The third kappa shape index (κ3) is 5.32. The third-order valence-corrected chi connectivity index (χ3v) is 4.25. The second kappa shape index (κ2) is 8.77. The highest BCUT2D eigenvalue weighted by atomic mass is 16.5. The predicted octanol–water partition coefficient (Wildman–Crippen LogP) is 2.90. The smallest absolute Gasteiger partial charge is 0.119 e. The Balaban J connectivity index is 1.76. The van der Waals surface area contributed by atoms with Gasteiger partial charge in [0, 0.05) is 45.7 Å². The summed E-state index contributed by atoms with van der Waals surface area (Å²) < 4.78 is 5.81. The molecule has 1 aromatic rings. The van der Waals surface area contributed by atoms with Crippen molar-refractivity contribution in [2.75, 3.05) is 32.7 Å². The zero-order chi connectivity index (χ0) is 15.8. The molecule has 1 saturated heterocycles. The van der Waals surface area contributed by atoms with Gasteiger partial charge in [0.1, 0.15) is 5.75 Å². The van der Waals surface area contributed by atoms with E-state index in [9.17, 15) is 0 Å². The zero-order valence-corrected chi connectivity index (χ0v) is 13.8. The number of piperazine rings is 1. The molecule has 0 spiro atoms. The molecule has 1 aliphatic heterocycles. The van der Waals surface area contributed by atoms with E-state index in [1.807, 2.05) is 0 Å². The highest BCUT2D eigenvalue weighted by Gasteiger charge is 2.16. The first-order valence-corrected chi connectivity index (χ1v) is 8.28. The standard InChI is InChI=1S/C18H27N3O/c1-3-16(2)22-18-7-5-17(6-8-18)15-21-13-11-20(12-14-21)10-4-9-19/h5-8,16H,3-4,10-15H2,1-2H3. The largest absolute Gasteiger partial charge is 0.491 e. The second-order valence-electron chi connectivity index (χ2n) is 6.01. The zero-order valence-electron chi connectivity index (χ0n) is 13.8. The molecule has 0 saturated carbocycles. The molecule has 0 bridgehead atoms. The van der Waals surface area contributed by atoms with Gasteiger partial charge < -0.3 is 4.74 Å². The summed E-state index contributed by atoms with van der Waals surface area (Å²) in [6, 6.07) is 10.7. The van der Waals surface area contributed by atoms with E-state index < -0.39 is 0 Å². The SMILES string of the molecule is CCC(C)Oc1ccc(CN2CCN(CCC#N)CC2)cc1. The van der Waals surface area contributed by atoms with Gasteiger partial charge in [0.05, 0.1) is 12.2 Å². The average molecular weight is 301 g/mol. The Labute approximate surface area is 134 Å². The first-order chi connectivity index (χ1) is 10.7. The molecule has 0 amide bonds. The average Bonchev–Trinajstić information content (AvgIpc) is 2.56. The van der Waals surface area contributed by atoms with E-state index in [-0.39, 0.29) is 6.10 Å². The molecule has 1 atom stereocenters. The number of rotatable bonds is 7. The summed E-state index contributed by atoms with van der Waals surface area (Å²) in [5.74, 6) is 0.958. The van der Waals surface area contributed by atoms with Crippen molar-refractivity contribution in [3.05, 3.63) is 29.8 Å². The van der Waals surface area contributed by atoms with Crippen LogP contribution in [0.5, 0.6) is 5.75 Å². The van der Waals surface area contributed by atoms with Crippen LogP contribution in [-0.4, -0.2) is 48.6 Å². The third-order valence-electron chi connectivity index (χ3n) is 4.25. The Morgan fingerprint density at radius 3 is 2.36 bits per heavy atom. The van der Waals surface area contributed by atoms with Crippen LogP contribution in [0.2, 0.25) is 0 Å². The Kier molecular flexibility index (Phi) is 6.70. The van der Waals surface area contributed by atoms with Gasteiger partial charge in [-0.1, -0.05) is 19.1 Å². The highest BCUT2D eigenvalue weighted by molar-refractivity contribution is 5.27. The molecule has 4 nitrogen and oxygen atoms in total. The van der Waals surface area contributed by atoms with Gasteiger partial charge in [-0.3, -0.25) is 9.80 Å². The van der Waals surface area contributed by atoms with Crippen molar-refractivity contribution < 1.29 is 4.74 Å². The van der Waals surface area contributed by atoms with Gasteiger partial charge in [0.2, 0.25) is 0 Å². The molecule has 0 radical (unpaired) electrons. The Morgan fingerprint density at radius 2 is 1.77 bits per heavy atom. The van der Waals surface area contributed by atoms with E-state index in [0.29, 0.717) is 6.42 Å². The minimum Gasteiger partial charge on any atom is -0.491 e. The fourth-order valence-corrected chi connectivity index (χ4v) is 2.63.